The smallest absolute Gasteiger partial charge is 0.231 e. The molecule has 0 saturated heterocycles. The summed E-state index contributed by atoms with van der Waals surface area (Å²) in [6.07, 6.45) is 2.43. The van der Waals surface area contributed by atoms with Crippen LogP contribution in [0.5, 0.6) is 0 Å². The van der Waals surface area contributed by atoms with E-state index in [2.05, 4.69) is 33.7 Å². The van der Waals surface area contributed by atoms with Crippen LogP contribution in [0.15, 0.2) is 0 Å². The summed E-state index contributed by atoms with van der Waals surface area (Å²) in [5, 5.41) is 0.262. The first kappa shape index (κ1) is 13.3. The fourth-order valence-corrected chi connectivity index (χ4v) is 1.98. The minimum absolute atomic E-state index is 0.262. The lowest BCUT2D eigenvalue weighted by molar-refractivity contribution is 0.596. The van der Waals surface area contributed by atoms with Crippen LogP contribution < -0.4 is 9.80 Å². The topological polar surface area (TPSA) is 45.2 Å². The lowest BCUT2D eigenvalue weighted by Crippen LogP contribution is -2.32. The van der Waals surface area contributed by atoms with Gasteiger partial charge in [0.05, 0.1) is 0 Å². The zero-order chi connectivity index (χ0) is 13.3. The number of aromatic nitrogens is 3. The van der Waals surface area contributed by atoms with E-state index < -0.39 is 0 Å². The van der Waals surface area contributed by atoms with Crippen molar-refractivity contribution < 1.29 is 0 Å². The molecule has 1 fully saturated rings. The third-order valence-electron chi connectivity index (χ3n) is 2.79. The Hall–Kier alpha value is -1.10. The minimum Gasteiger partial charge on any atom is -0.347 e. The molecule has 1 heterocycles. The number of rotatable bonds is 5. The van der Waals surface area contributed by atoms with Crippen molar-refractivity contribution in [3.63, 3.8) is 0 Å². The first-order valence-electron chi connectivity index (χ1n) is 6.33. The van der Waals surface area contributed by atoms with E-state index >= 15 is 0 Å². The number of hydrogen-bond acceptors (Lipinski definition) is 5. The van der Waals surface area contributed by atoms with E-state index in [1.807, 2.05) is 19.0 Å². The maximum Gasteiger partial charge on any atom is 0.231 e. The SMILES string of the molecule is CC(C)CN(c1nc(Cl)nc(N(C)C)n1)C1CC1. The van der Waals surface area contributed by atoms with Gasteiger partial charge in [-0.2, -0.15) is 15.0 Å². The van der Waals surface area contributed by atoms with Gasteiger partial charge in [-0.25, -0.2) is 0 Å². The molecule has 0 aliphatic heterocycles. The van der Waals surface area contributed by atoms with Crippen LogP contribution in [0.25, 0.3) is 0 Å². The van der Waals surface area contributed by atoms with Crippen LogP contribution >= 0.6 is 11.6 Å². The highest BCUT2D eigenvalue weighted by molar-refractivity contribution is 6.28. The van der Waals surface area contributed by atoms with Gasteiger partial charge in [0.2, 0.25) is 17.2 Å². The van der Waals surface area contributed by atoms with Gasteiger partial charge in [0, 0.05) is 26.7 Å². The average Bonchev–Trinajstić information content (AvgIpc) is 3.08. The summed E-state index contributed by atoms with van der Waals surface area (Å²) >= 11 is 5.98. The van der Waals surface area contributed by atoms with Crippen molar-refractivity contribution in [1.29, 1.82) is 0 Å². The van der Waals surface area contributed by atoms with E-state index in [0.717, 1.165) is 6.54 Å². The molecular weight excluding hydrogens is 250 g/mol. The van der Waals surface area contributed by atoms with E-state index in [4.69, 9.17) is 11.6 Å². The molecule has 1 aromatic heterocycles. The van der Waals surface area contributed by atoms with Crippen LogP contribution in [-0.2, 0) is 0 Å². The zero-order valence-corrected chi connectivity index (χ0v) is 12.1. The molecule has 18 heavy (non-hydrogen) atoms. The Bertz CT molecular complexity index is 417. The number of hydrogen-bond donors (Lipinski definition) is 0. The second kappa shape index (κ2) is 5.26. The Morgan fingerprint density at radius 2 is 1.78 bits per heavy atom. The van der Waals surface area contributed by atoms with Crippen LogP contribution in [0, 0.1) is 5.92 Å². The molecule has 0 amide bonds. The first-order valence-corrected chi connectivity index (χ1v) is 6.70. The average molecular weight is 270 g/mol. The van der Waals surface area contributed by atoms with Crippen molar-refractivity contribution in [3.8, 4) is 0 Å². The van der Waals surface area contributed by atoms with Crippen molar-refractivity contribution in [3.05, 3.63) is 5.28 Å². The van der Waals surface area contributed by atoms with E-state index in [9.17, 15) is 0 Å². The summed E-state index contributed by atoms with van der Waals surface area (Å²) in [5.74, 6) is 1.89. The number of halogens is 1. The molecule has 0 spiro atoms. The molecule has 6 heteroatoms. The molecule has 0 atom stereocenters. The number of anilines is 2. The Kier molecular flexibility index (Phi) is 3.90. The van der Waals surface area contributed by atoms with Crippen LogP contribution in [0.3, 0.4) is 0 Å². The van der Waals surface area contributed by atoms with Crippen LogP contribution in [0.1, 0.15) is 26.7 Å². The molecule has 1 saturated carbocycles. The van der Waals surface area contributed by atoms with Gasteiger partial charge in [-0.15, -0.1) is 0 Å². The molecule has 100 valence electrons. The Labute approximate surface area is 113 Å². The molecule has 0 aromatic carbocycles. The third-order valence-corrected chi connectivity index (χ3v) is 2.96. The first-order chi connectivity index (χ1) is 8.47. The summed E-state index contributed by atoms with van der Waals surface area (Å²) in [6.45, 7) is 5.36. The molecule has 2 rings (SSSR count). The summed E-state index contributed by atoms with van der Waals surface area (Å²) in [7, 11) is 3.80. The number of nitrogens with zero attached hydrogens (tertiary/aromatic N) is 5. The maximum absolute atomic E-state index is 5.98. The monoisotopic (exact) mass is 269 g/mol. The van der Waals surface area contributed by atoms with Gasteiger partial charge in [0.1, 0.15) is 0 Å². The summed E-state index contributed by atoms with van der Waals surface area (Å²) in [4.78, 5) is 17.0. The maximum atomic E-state index is 5.98. The van der Waals surface area contributed by atoms with Gasteiger partial charge in [-0.05, 0) is 30.4 Å². The van der Waals surface area contributed by atoms with Crippen molar-refractivity contribution in [1.82, 2.24) is 15.0 Å². The van der Waals surface area contributed by atoms with Crippen LogP contribution in [-0.4, -0.2) is 41.6 Å². The lowest BCUT2D eigenvalue weighted by atomic mass is 10.2. The highest BCUT2D eigenvalue weighted by atomic mass is 35.5. The standard InChI is InChI=1S/C12H20ClN5/c1-8(2)7-18(9-5-6-9)12-15-10(13)14-11(16-12)17(3)4/h8-9H,5-7H2,1-4H3. The van der Waals surface area contributed by atoms with Gasteiger partial charge in [0.15, 0.2) is 0 Å². The van der Waals surface area contributed by atoms with Crippen LogP contribution in [0.4, 0.5) is 11.9 Å². The quantitative estimate of drug-likeness (QED) is 0.820. The molecule has 5 nitrogen and oxygen atoms in total. The summed E-state index contributed by atoms with van der Waals surface area (Å²) < 4.78 is 0. The molecule has 0 N–H and O–H groups in total. The van der Waals surface area contributed by atoms with Crippen molar-refractivity contribution in [2.24, 2.45) is 5.92 Å². The summed E-state index contributed by atoms with van der Waals surface area (Å²) in [5.41, 5.74) is 0. The molecule has 1 aliphatic rings. The Balaban J connectivity index is 2.28. The van der Waals surface area contributed by atoms with Gasteiger partial charge in [-0.1, -0.05) is 13.8 Å². The van der Waals surface area contributed by atoms with Gasteiger partial charge in [-0.3, -0.25) is 0 Å². The molecule has 1 aliphatic carbocycles. The van der Waals surface area contributed by atoms with E-state index in [0.29, 0.717) is 23.9 Å². The lowest BCUT2D eigenvalue weighted by Gasteiger charge is -2.25. The molecule has 0 unspecified atom stereocenters. The summed E-state index contributed by atoms with van der Waals surface area (Å²) in [6, 6.07) is 0.570. The van der Waals surface area contributed by atoms with Gasteiger partial charge < -0.3 is 9.80 Å². The molecule has 0 bridgehead atoms. The minimum atomic E-state index is 0.262. The highest BCUT2D eigenvalue weighted by Gasteiger charge is 2.31. The van der Waals surface area contributed by atoms with Gasteiger partial charge in [0.25, 0.3) is 0 Å². The van der Waals surface area contributed by atoms with Crippen molar-refractivity contribution >= 4 is 23.5 Å². The zero-order valence-electron chi connectivity index (χ0n) is 11.4. The van der Waals surface area contributed by atoms with E-state index in [1.54, 1.807) is 0 Å². The van der Waals surface area contributed by atoms with Crippen LogP contribution in [0.2, 0.25) is 5.28 Å². The van der Waals surface area contributed by atoms with Crippen molar-refractivity contribution in [2.75, 3.05) is 30.4 Å². The van der Waals surface area contributed by atoms with E-state index in [-0.39, 0.29) is 5.28 Å². The molecule has 1 aromatic rings. The highest BCUT2D eigenvalue weighted by Crippen LogP contribution is 2.31. The predicted octanol–water partition coefficient (Wildman–Crippen LogP) is 2.22. The van der Waals surface area contributed by atoms with Crippen molar-refractivity contribution in [2.45, 2.75) is 32.7 Å². The van der Waals surface area contributed by atoms with Gasteiger partial charge >= 0.3 is 0 Å². The normalized spacial score (nSPS) is 15.0. The van der Waals surface area contributed by atoms with E-state index in [1.165, 1.54) is 12.8 Å². The second-order valence-corrected chi connectivity index (χ2v) is 5.71. The molecule has 0 radical (unpaired) electrons. The fraction of sp³-hybridized carbons (Fsp3) is 0.750. The second-order valence-electron chi connectivity index (χ2n) is 5.38. The molecular formula is C12H20ClN5. The largest absolute Gasteiger partial charge is 0.347 e. The Morgan fingerprint density at radius 1 is 1.17 bits per heavy atom. The Morgan fingerprint density at radius 3 is 2.28 bits per heavy atom. The predicted molar refractivity (Wildman–Crippen MR) is 74.4 cm³/mol. The third kappa shape index (κ3) is 3.22. The fourth-order valence-electron chi connectivity index (χ4n) is 1.83.